The predicted octanol–water partition coefficient (Wildman–Crippen LogP) is 3.91. The maximum atomic E-state index is 13.4. The van der Waals surface area contributed by atoms with Crippen molar-refractivity contribution in [2.75, 3.05) is 13.6 Å². The summed E-state index contributed by atoms with van der Waals surface area (Å²) in [5.74, 6) is 0. The van der Waals surface area contributed by atoms with E-state index in [-0.39, 0.29) is 5.56 Å². The normalized spacial score (nSPS) is 13.3. The zero-order valence-electron chi connectivity index (χ0n) is 13.7. The Morgan fingerprint density at radius 1 is 1.04 bits per heavy atom. The van der Waals surface area contributed by atoms with Crippen LogP contribution in [-0.2, 0) is 12.7 Å². The maximum absolute atomic E-state index is 13.4. The average molecular weight is 348 g/mol. The van der Waals surface area contributed by atoms with Crippen LogP contribution in [0.15, 0.2) is 54.7 Å². The molecule has 1 aromatic heterocycles. The molecule has 0 fully saturated rings. The molecule has 1 unspecified atom stereocenters. The Hall–Kier alpha value is -2.31. The summed E-state index contributed by atoms with van der Waals surface area (Å²) in [4.78, 5) is 0. The third-order valence-electron chi connectivity index (χ3n) is 4.16. The Morgan fingerprint density at radius 2 is 1.72 bits per heavy atom. The van der Waals surface area contributed by atoms with Gasteiger partial charge in [-0.15, -0.1) is 0 Å². The van der Waals surface area contributed by atoms with Crippen LogP contribution in [0.3, 0.4) is 0 Å². The van der Waals surface area contributed by atoms with Crippen LogP contribution in [0.25, 0.3) is 22.0 Å². The highest BCUT2D eigenvalue weighted by atomic mass is 19.4. The molecule has 0 saturated carbocycles. The Labute approximate surface area is 143 Å². The lowest BCUT2D eigenvalue weighted by Crippen LogP contribution is -2.27. The molecule has 2 N–H and O–H groups in total. The fourth-order valence-electron chi connectivity index (χ4n) is 3.10. The van der Waals surface area contributed by atoms with E-state index in [2.05, 4.69) is 5.32 Å². The van der Waals surface area contributed by atoms with E-state index < -0.39 is 17.8 Å². The minimum Gasteiger partial charge on any atom is -0.390 e. The number of aliphatic hydroxyl groups excluding tert-OH is 1. The van der Waals surface area contributed by atoms with E-state index in [1.165, 1.54) is 12.1 Å². The second kappa shape index (κ2) is 6.90. The minimum absolute atomic E-state index is 0.146. The monoisotopic (exact) mass is 348 g/mol. The van der Waals surface area contributed by atoms with E-state index in [0.29, 0.717) is 18.7 Å². The molecule has 0 aliphatic heterocycles. The van der Waals surface area contributed by atoms with Gasteiger partial charge in [-0.05, 0) is 24.7 Å². The summed E-state index contributed by atoms with van der Waals surface area (Å²) in [7, 11) is 1.74. The number of fused-ring (bicyclic) bond motifs is 1. The average Bonchev–Trinajstić information content (AvgIpc) is 2.93. The summed E-state index contributed by atoms with van der Waals surface area (Å²) < 4.78 is 42.0. The molecule has 2 aromatic carbocycles. The Bertz CT molecular complexity index is 870. The highest BCUT2D eigenvalue weighted by molar-refractivity contribution is 5.97. The largest absolute Gasteiger partial charge is 0.417 e. The number of hydrogen-bond donors (Lipinski definition) is 2. The third kappa shape index (κ3) is 3.55. The van der Waals surface area contributed by atoms with Gasteiger partial charge in [0, 0.05) is 35.8 Å². The first-order valence-corrected chi connectivity index (χ1v) is 7.99. The topological polar surface area (TPSA) is 37.2 Å². The lowest BCUT2D eigenvalue weighted by Gasteiger charge is -2.12. The van der Waals surface area contributed by atoms with Gasteiger partial charge in [-0.3, -0.25) is 0 Å². The maximum Gasteiger partial charge on any atom is 0.417 e. The third-order valence-corrected chi connectivity index (χ3v) is 4.16. The smallest absolute Gasteiger partial charge is 0.390 e. The Kier molecular flexibility index (Phi) is 4.83. The van der Waals surface area contributed by atoms with Crippen molar-refractivity contribution >= 4 is 10.9 Å². The van der Waals surface area contributed by atoms with Gasteiger partial charge >= 0.3 is 6.18 Å². The summed E-state index contributed by atoms with van der Waals surface area (Å²) in [6.45, 7) is 0.705. The van der Waals surface area contributed by atoms with Crippen LogP contribution in [0.2, 0.25) is 0 Å². The molecule has 0 saturated heterocycles. The lowest BCUT2D eigenvalue weighted by molar-refractivity contribution is -0.137. The first-order chi connectivity index (χ1) is 11.9. The highest BCUT2D eigenvalue weighted by Crippen LogP contribution is 2.40. The van der Waals surface area contributed by atoms with E-state index in [9.17, 15) is 18.3 Å². The summed E-state index contributed by atoms with van der Waals surface area (Å²) in [5.41, 5.74) is 0.798. The molecular weight excluding hydrogens is 329 g/mol. The molecule has 1 atom stereocenters. The SMILES string of the molecule is CNCC(O)Cn1cc(-c2ccccc2C(F)(F)F)c2ccccc21. The summed E-state index contributed by atoms with van der Waals surface area (Å²) in [6.07, 6.45) is -3.37. The quantitative estimate of drug-likeness (QED) is 0.734. The molecule has 3 aromatic rings. The van der Waals surface area contributed by atoms with Crippen LogP contribution in [-0.4, -0.2) is 29.4 Å². The number of likely N-dealkylation sites (N-methyl/N-ethyl adjacent to an activating group) is 1. The van der Waals surface area contributed by atoms with Gasteiger partial charge in [-0.2, -0.15) is 13.2 Å². The van der Waals surface area contributed by atoms with Crippen molar-refractivity contribution in [2.24, 2.45) is 0 Å². The molecule has 132 valence electrons. The van der Waals surface area contributed by atoms with E-state index in [0.717, 1.165) is 17.0 Å². The van der Waals surface area contributed by atoms with Gasteiger partial charge < -0.3 is 15.0 Å². The van der Waals surface area contributed by atoms with E-state index in [1.54, 1.807) is 36.0 Å². The van der Waals surface area contributed by atoms with Gasteiger partial charge in [0.1, 0.15) is 0 Å². The molecule has 0 aliphatic rings. The standard InChI is InChI=1S/C19H19F3N2O/c1-23-10-13(25)11-24-12-16(15-7-3-5-9-18(15)24)14-6-2-4-8-17(14)19(20,21)22/h2-9,12-13,23,25H,10-11H2,1H3. The van der Waals surface area contributed by atoms with Crippen molar-refractivity contribution in [3.63, 3.8) is 0 Å². The zero-order valence-corrected chi connectivity index (χ0v) is 13.7. The second-order valence-electron chi connectivity index (χ2n) is 5.97. The number of rotatable bonds is 5. The molecule has 0 bridgehead atoms. The minimum atomic E-state index is -4.43. The highest BCUT2D eigenvalue weighted by Gasteiger charge is 2.34. The van der Waals surface area contributed by atoms with Gasteiger partial charge in [0.25, 0.3) is 0 Å². The van der Waals surface area contributed by atoms with Crippen molar-refractivity contribution in [3.8, 4) is 11.1 Å². The number of nitrogens with zero attached hydrogens (tertiary/aromatic N) is 1. The first kappa shape index (κ1) is 17.5. The number of hydrogen-bond acceptors (Lipinski definition) is 2. The molecule has 3 nitrogen and oxygen atoms in total. The number of alkyl halides is 3. The fourth-order valence-corrected chi connectivity index (χ4v) is 3.10. The molecule has 0 spiro atoms. The summed E-state index contributed by atoms with van der Waals surface area (Å²) in [6, 6.07) is 12.9. The number of halogens is 3. The van der Waals surface area contributed by atoms with Crippen LogP contribution in [0.1, 0.15) is 5.56 Å². The fraction of sp³-hybridized carbons (Fsp3) is 0.263. The number of para-hydroxylation sites is 1. The van der Waals surface area contributed by atoms with Crippen molar-refractivity contribution < 1.29 is 18.3 Å². The molecular formula is C19H19F3N2O. The van der Waals surface area contributed by atoms with Gasteiger partial charge in [0.15, 0.2) is 0 Å². The van der Waals surface area contributed by atoms with Crippen molar-refractivity contribution in [1.29, 1.82) is 0 Å². The van der Waals surface area contributed by atoms with E-state index in [4.69, 9.17) is 0 Å². The summed E-state index contributed by atoms with van der Waals surface area (Å²) in [5, 5.41) is 13.7. The molecule has 0 aliphatic carbocycles. The van der Waals surface area contributed by atoms with Crippen molar-refractivity contribution in [3.05, 3.63) is 60.3 Å². The van der Waals surface area contributed by atoms with Crippen LogP contribution in [0, 0.1) is 0 Å². The van der Waals surface area contributed by atoms with E-state index in [1.807, 2.05) is 12.1 Å². The van der Waals surface area contributed by atoms with Crippen LogP contribution >= 0.6 is 0 Å². The molecule has 3 rings (SSSR count). The Morgan fingerprint density at radius 3 is 2.44 bits per heavy atom. The van der Waals surface area contributed by atoms with Gasteiger partial charge in [0.2, 0.25) is 0 Å². The Balaban J connectivity index is 2.16. The zero-order chi connectivity index (χ0) is 18.0. The number of aliphatic hydroxyl groups is 1. The molecule has 25 heavy (non-hydrogen) atoms. The number of nitrogens with one attached hydrogen (secondary N) is 1. The van der Waals surface area contributed by atoms with Crippen molar-refractivity contribution in [2.45, 2.75) is 18.8 Å². The second-order valence-corrected chi connectivity index (χ2v) is 5.97. The van der Waals surface area contributed by atoms with Crippen LogP contribution in [0.4, 0.5) is 13.2 Å². The van der Waals surface area contributed by atoms with Gasteiger partial charge in [-0.1, -0.05) is 36.4 Å². The molecule has 1 heterocycles. The van der Waals surface area contributed by atoms with Gasteiger partial charge in [0.05, 0.1) is 11.7 Å². The molecule has 0 radical (unpaired) electrons. The van der Waals surface area contributed by atoms with E-state index >= 15 is 0 Å². The summed E-state index contributed by atoms with van der Waals surface area (Å²) >= 11 is 0. The van der Waals surface area contributed by atoms with Crippen molar-refractivity contribution in [1.82, 2.24) is 9.88 Å². The lowest BCUT2D eigenvalue weighted by atomic mass is 9.99. The predicted molar refractivity (Wildman–Crippen MR) is 92.3 cm³/mol. The van der Waals surface area contributed by atoms with Crippen LogP contribution < -0.4 is 5.32 Å². The molecule has 6 heteroatoms. The number of benzene rings is 2. The van der Waals surface area contributed by atoms with Gasteiger partial charge in [-0.25, -0.2) is 0 Å². The van der Waals surface area contributed by atoms with Crippen LogP contribution in [0.5, 0.6) is 0 Å². The molecule has 0 amide bonds. The first-order valence-electron chi connectivity index (χ1n) is 7.99. The number of aromatic nitrogens is 1.